The van der Waals surface area contributed by atoms with Crippen molar-refractivity contribution < 1.29 is 9.93 Å². The molecule has 0 radical (unpaired) electrons. The quantitative estimate of drug-likeness (QED) is 0.424. The van der Waals surface area contributed by atoms with Crippen molar-refractivity contribution in [1.82, 2.24) is 0 Å². The molecule has 1 rings (SSSR count). The molecule has 1 unspecified atom stereocenters. The Morgan fingerprint density at radius 1 is 1.46 bits per heavy atom. The Morgan fingerprint density at radius 3 is 2.62 bits per heavy atom. The predicted molar refractivity (Wildman–Crippen MR) is 47.4 cm³/mol. The van der Waals surface area contributed by atoms with E-state index in [0.29, 0.717) is 0 Å². The SMILES string of the molecule is O=[N+]([O-])N=[P+]([O-])c1ccccc1Cl. The van der Waals surface area contributed by atoms with E-state index >= 15 is 0 Å². The highest BCUT2D eigenvalue weighted by atomic mass is 35.5. The third-order valence-corrected chi connectivity index (χ3v) is 2.78. The van der Waals surface area contributed by atoms with E-state index < -0.39 is 13.0 Å². The van der Waals surface area contributed by atoms with Crippen LogP contribution >= 0.6 is 19.5 Å². The average molecular weight is 219 g/mol. The Balaban J connectivity index is 3.08. The van der Waals surface area contributed by atoms with Gasteiger partial charge in [-0.15, -0.1) is 0 Å². The highest BCUT2D eigenvalue weighted by Crippen LogP contribution is 2.19. The van der Waals surface area contributed by atoms with Crippen molar-refractivity contribution in [2.24, 2.45) is 4.85 Å². The highest BCUT2D eigenvalue weighted by Gasteiger charge is 2.14. The van der Waals surface area contributed by atoms with E-state index in [9.17, 15) is 15.0 Å². The molecule has 13 heavy (non-hydrogen) atoms. The van der Waals surface area contributed by atoms with Gasteiger partial charge < -0.3 is 4.89 Å². The third-order valence-electron chi connectivity index (χ3n) is 1.21. The topological polar surface area (TPSA) is 78.6 Å². The zero-order valence-electron chi connectivity index (χ0n) is 6.25. The zero-order valence-corrected chi connectivity index (χ0v) is 7.90. The Hall–Kier alpha value is -1.03. The fraction of sp³-hybridized carbons (Fsp3) is 0. The normalized spacial score (nSPS) is 11.4. The smallest absolute Gasteiger partial charge is 0.292 e. The minimum absolute atomic E-state index is 0.177. The summed E-state index contributed by atoms with van der Waals surface area (Å²) in [6.07, 6.45) is 0. The van der Waals surface area contributed by atoms with Crippen LogP contribution in [0.3, 0.4) is 0 Å². The molecular formula is C6H4ClN2O3P. The number of halogens is 1. The Labute approximate surface area is 79.6 Å². The molecule has 0 aliphatic rings. The van der Waals surface area contributed by atoms with Crippen LogP contribution in [0, 0.1) is 10.1 Å². The van der Waals surface area contributed by atoms with E-state index in [1.54, 1.807) is 12.1 Å². The highest BCUT2D eigenvalue weighted by molar-refractivity contribution is 7.48. The molecule has 0 saturated carbocycles. The molecule has 0 spiro atoms. The zero-order chi connectivity index (χ0) is 9.84. The molecule has 0 aliphatic carbocycles. The van der Waals surface area contributed by atoms with Gasteiger partial charge in [-0.05, 0) is 12.1 Å². The summed E-state index contributed by atoms with van der Waals surface area (Å²) in [5, 5.41) is 9.32. The van der Waals surface area contributed by atoms with Crippen LogP contribution in [0.15, 0.2) is 29.1 Å². The van der Waals surface area contributed by atoms with Gasteiger partial charge in [0.05, 0.1) is 5.02 Å². The van der Waals surface area contributed by atoms with Crippen molar-refractivity contribution in [1.29, 1.82) is 0 Å². The lowest BCUT2D eigenvalue weighted by Crippen LogP contribution is -2.06. The first-order chi connectivity index (χ1) is 6.11. The summed E-state index contributed by atoms with van der Waals surface area (Å²) in [7, 11) is -2.39. The standard InChI is InChI=1S/C6H4ClN2O3P/c7-5-3-1-2-4-6(5)13(12)8-9(10)11/h1-4H. The van der Waals surface area contributed by atoms with Crippen LogP contribution in [0.5, 0.6) is 0 Å². The molecule has 0 aromatic heterocycles. The number of hydrogen-bond acceptors (Lipinski definition) is 3. The molecule has 68 valence electrons. The fourth-order valence-electron chi connectivity index (χ4n) is 0.721. The van der Waals surface area contributed by atoms with Crippen LogP contribution in [0.1, 0.15) is 0 Å². The van der Waals surface area contributed by atoms with Crippen LogP contribution in [0.4, 0.5) is 0 Å². The summed E-state index contributed by atoms with van der Waals surface area (Å²) >= 11 is 5.64. The van der Waals surface area contributed by atoms with Gasteiger partial charge in [0, 0.05) is 0 Å². The van der Waals surface area contributed by atoms with E-state index in [-0.39, 0.29) is 10.3 Å². The van der Waals surface area contributed by atoms with Crippen molar-refractivity contribution in [3.63, 3.8) is 0 Å². The number of nitro groups is 1. The maximum absolute atomic E-state index is 11.1. The van der Waals surface area contributed by atoms with Crippen molar-refractivity contribution in [3.8, 4) is 0 Å². The lowest BCUT2D eigenvalue weighted by molar-refractivity contribution is -0.484. The fourth-order valence-corrected chi connectivity index (χ4v) is 1.77. The molecular weight excluding hydrogens is 215 g/mol. The minimum atomic E-state index is -2.39. The van der Waals surface area contributed by atoms with Gasteiger partial charge in [-0.1, -0.05) is 23.7 Å². The average Bonchev–Trinajstić information content (AvgIpc) is 2.03. The molecule has 0 aliphatic heterocycles. The van der Waals surface area contributed by atoms with Gasteiger partial charge in [-0.2, -0.15) is 0 Å². The van der Waals surface area contributed by atoms with Gasteiger partial charge in [-0.25, -0.2) is 10.1 Å². The summed E-state index contributed by atoms with van der Waals surface area (Å²) in [6, 6.07) is 6.17. The summed E-state index contributed by atoms with van der Waals surface area (Å²) in [5.41, 5.74) is 0. The molecule has 0 saturated heterocycles. The van der Waals surface area contributed by atoms with E-state index in [1.165, 1.54) is 12.1 Å². The first-order valence-corrected chi connectivity index (χ1v) is 4.78. The van der Waals surface area contributed by atoms with Crippen LogP contribution in [-0.2, 0) is 0 Å². The summed E-state index contributed by atoms with van der Waals surface area (Å²) in [4.78, 5) is 23.8. The molecule has 0 fully saturated rings. The lowest BCUT2D eigenvalue weighted by Gasteiger charge is -1.93. The second-order valence-corrected chi connectivity index (χ2v) is 3.67. The largest absolute Gasteiger partial charge is 0.602 e. The molecule has 7 heteroatoms. The molecule has 0 bridgehead atoms. The van der Waals surface area contributed by atoms with Crippen LogP contribution < -0.4 is 10.2 Å². The minimum Gasteiger partial charge on any atom is -0.602 e. The maximum atomic E-state index is 11.1. The summed E-state index contributed by atoms with van der Waals surface area (Å²) in [5.74, 6) is 0. The lowest BCUT2D eigenvalue weighted by atomic mass is 10.4. The Morgan fingerprint density at radius 2 is 2.08 bits per heavy atom. The molecule has 1 atom stereocenters. The third kappa shape index (κ3) is 2.73. The second kappa shape index (κ2) is 4.28. The Kier molecular flexibility index (Phi) is 3.31. The van der Waals surface area contributed by atoms with E-state index in [2.05, 4.69) is 4.85 Å². The molecule has 1 aromatic carbocycles. The second-order valence-electron chi connectivity index (χ2n) is 2.05. The van der Waals surface area contributed by atoms with Gasteiger partial charge in [0.2, 0.25) is 9.89 Å². The van der Waals surface area contributed by atoms with Crippen molar-refractivity contribution >= 4 is 24.8 Å². The molecule has 0 N–H and O–H groups in total. The molecule has 5 nitrogen and oxygen atoms in total. The summed E-state index contributed by atoms with van der Waals surface area (Å²) in [6.45, 7) is 0. The maximum Gasteiger partial charge on any atom is 0.292 e. The van der Waals surface area contributed by atoms with E-state index in [1.807, 2.05) is 0 Å². The number of hydrogen-bond donors (Lipinski definition) is 0. The van der Waals surface area contributed by atoms with Gasteiger partial charge >= 0.3 is 0 Å². The van der Waals surface area contributed by atoms with Crippen LogP contribution in [-0.4, -0.2) is 5.03 Å². The van der Waals surface area contributed by atoms with Crippen LogP contribution in [0.2, 0.25) is 5.02 Å². The van der Waals surface area contributed by atoms with Crippen molar-refractivity contribution in [2.45, 2.75) is 0 Å². The first kappa shape index (κ1) is 10.1. The number of rotatable bonds is 2. The van der Waals surface area contributed by atoms with Crippen molar-refractivity contribution in [3.05, 3.63) is 39.4 Å². The summed E-state index contributed by atoms with van der Waals surface area (Å²) < 4.78 is 0. The molecule has 1 aromatic rings. The first-order valence-electron chi connectivity index (χ1n) is 3.19. The predicted octanol–water partition coefficient (Wildman–Crippen LogP) is 1.10. The van der Waals surface area contributed by atoms with E-state index in [4.69, 9.17) is 11.6 Å². The molecule has 0 amide bonds. The molecule has 0 heterocycles. The number of nitrogens with zero attached hydrogens (tertiary/aromatic N) is 2. The van der Waals surface area contributed by atoms with Gasteiger partial charge in [0.25, 0.3) is 7.94 Å². The monoisotopic (exact) mass is 218 g/mol. The number of benzene rings is 1. The van der Waals surface area contributed by atoms with Crippen LogP contribution in [0.25, 0.3) is 0 Å². The van der Waals surface area contributed by atoms with Gasteiger partial charge in [0.1, 0.15) is 0 Å². The van der Waals surface area contributed by atoms with Gasteiger partial charge in [-0.3, -0.25) is 0 Å². The Bertz CT molecular complexity index is 369. The van der Waals surface area contributed by atoms with Gasteiger partial charge in [0.15, 0.2) is 5.30 Å². The van der Waals surface area contributed by atoms with E-state index in [0.717, 1.165) is 0 Å². The van der Waals surface area contributed by atoms with Crippen molar-refractivity contribution in [2.75, 3.05) is 0 Å².